The minimum Gasteiger partial charge on any atom is -0.497 e. The van der Waals surface area contributed by atoms with Crippen LogP contribution in [0.25, 0.3) is 0 Å². The van der Waals surface area contributed by atoms with E-state index < -0.39 is 0 Å². The monoisotopic (exact) mass is 343 g/mol. The van der Waals surface area contributed by atoms with E-state index >= 15 is 0 Å². The van der Waals surface area contributed by atoms with Crippen LogP contribution in [0.15, 0.2) is 24.3 Å². The number of carbonyl (C=O) groups is 2. The van der Waals surface area contributed by atoms with E-state index in [1.807, 2.05) is 21.9 Å². The van der Waals surface area contributed by atoms with Crippen LogP contribution in [0.3, 0.4) is 0 Å². The Morgan fingerprint density at radius 3 is 2.48 bits per heavy atom. The van der Waals surface area contributed by atoms with Crippen LogP contribution in [0.2, 0.25) is 0 Å². The summed E-state index contributed by atoms with van der Waals surface area (Å²) in [6.07, 6.45) is 2.72. The number of ether oxygens (including phenoxy) is 1. The average Bonchev–Trinajstić information content (AvgIpc) is 3.35. The Kier molecular flexibility index (Phi) is 4.27. The Labute approximate surface area is 148 Å². The molecule has 134 valence electrons. The molecule has 0 radical (unpaired) electrons. The third-order valence-corrected chi connectivity index (χ3v) is 5.76. The smallest absolute Gasteiger partial charge is 0.317 e. The molecule has 1 N–H and O–H groups in total. The van der Waals surface area contributed by atoms with Gasteiger partial charge in [0.2, 0.25) is 5.91 Å². The largest absolute Gasteiger partial charge is 0.497 e. The van der Waals surface area contributed by atoms with Gasteiger partial charge in [-0.15, -0.1) is 0 Å². The van der Waals surface area contributed by atoms with E-state index in [0.717, 1.165) is 51.2 Å². The van der Waals surface area contributed by atoms with Crippen molar-refractivity contribution in [1.82, 2.24) is 15.1 Å². The highest BCUT2D eigenvalue weighted by Crippen LogP contribution is 2.49. The normalized spacial score (nSPS) is 26.5. The van der Waals surface area contributed by atoms with Crippen molar-refractivity contribution in [3.05, 3.63) is 29.8 Å². The van der Waals surface area contributed by atoms with E-state index in [4.69, 9.17) is 4.74 Å². The second kappa shape index (κ2) is 6.58. The Morgan fingerprint density at radius 1 is 1.16 bits per heavy atom. The number of nitrogens with one attached hydrogen (secondary N) is 1. The summed E-state index contributed by atoms with van der Waals surface area (Å²) in [5.41, 5.74) is 1.22. The number of hydrogen-bond acceptors (Lipinski definition) is 3. The van der Waals surface area contributed by atoms with Crippen LogP contribution in [0.1, 0.15) is 30.7 Å². The molecule has 2 aliphatic heterocycles. The van der Waals surface area contributed by atoms with Crippen molar-refractivity contribution in [2.24, 2.45) is 5.92 Å². The van der Waals surface area contributed by atoms with Crippen molar-refractivity contribution >= 4 is 11.9 Å². The Morgan fingerprint density at radius 2 is 1.88 bits per heavy atom. The van der Waals surface area contributed by atoms with E-state index in [9.17, 15) is 9.59 Å². The Bertz CT molecular complexity index is 652. The summed E-state index contributed by atoms with van der Waals surface area (Å²) >= 11 is 0. The van der Waals surface area contributed by atoms with Crippen molar-refractivity contribution in [2.75, 3.05) is 33.3 Å². The number of hydrogen-bond donors (Lipinski definition) is 1. The van der Waals surface area contributed by atoms with Gasteiger partial charge >= 0.3 is 6.03 Å². The van der Waals surface area contributed by atoms with Gasteiger partial charge in [-0.25, -0.2) is 4.79 Å². The molecule has 3 aliphatic rings. The first-order chi connectivity index (χ1) is 12.2. The van der Waals surface area contributed by atoms with E-state index in [1.165, 1.54) is 5.56 Å². The SMILES string of the molecule is COc1ccc([C@@H]2C[C@H]2C(=O)N2CCC(N3CCNC3=O)CC2)cc1. The molecule has 6 nitrogen and oxygen atoms in total. The maximum atomic E-state index is 12.8. The molecule has 1 aliphatic carbocycles. The first kappa shape index (κ1) is 16.2. The zero-order valence-corrected chi connectivity index (χ0v) is 14.6. The summed E-state index contributed by atoms with van der Waals surface area (Å²) in [5, 5.41) is 2.86. The summed E-state index contributed by atoms with van der Waals surface area (Å²) in [7, 11) is 1.66. The molecule has 0 aromatic heterocycles. The minimum atomic E-state index is 0.0477. The summed E-state index contributed by atoms with van der Waals surface area (Å²) in [6, 6.07) is 8.38. The molecule has 4 rings (SSSR count). The zero-order valence-electron chi connectivity index (χ0n) is 14.6. The third kappa shape index (κ3) is 3.17. The molecular formula is C19H25N3O3. The first-order valence-electron chi connectivity index (χ1n) is 9.14. The maximum absolute atomic E-state index is 12.8. The lowest BCUT2D eigenvalue weighted by atomic mass is 10.0. The van der Waals surface area contributed by atoms with Crippen LogP contribution >= 0.6 is 0 Å². The molecule has 0 spiro atoms. The second-order valence-electron chi connectivity index (χ2n) is 7.20. The Hall–Kier alpha value is -2.24. The number of urea groups is 1. The lowest BCUT2D eigenvalue weighted by Gasteiger charge is -2.36. The highest BCUT2D eigenvalue weighted by molar-refractivity contribution is 5.83. The highest BCUT2D eigenvalue weighted by atomic mass is 16.5. The molecule has 3 amide bonds. The molecule has 2 atom stereocenters. The molecule has 2 saturated heterocycles. The van der Waals surface area contributed by atoms with Crippen molar-refractivity contribution in [1.29, 1.82) is 0 Å². The molecule has 1 saturated carbocycles. The van der Waals surface area contributed by atoms with Crippen LogP contribution in [0, 0.1) is 5.92 Å². The van der Waals surface area contributed by atoms with Crippen LogP contribution in [-0.4, -0.2) is 61.1 Å². The summed E-state index contributed by atoms with van der Waals surface area (Å²) in [5.74, 6) is 1.60. The number of likely N-dealkylation sites (tertiary alicyclic amines) is 1. The van der Waals surface area contributed by atoms with Crippen LogP contribution in [0.4, 0.5) is 4.79 Å². The van der Waals surface area contributed by atoms with Gasteiger partial charge in [0.1, 0.15) is 5.75 Å². The summed E-state index contributed by atoms with van der Waals surface area (Å²) < 4.78 is 5.19. The molecular weight excluding hydrogens is 318 g/mol. The lowest BCUT2D eigenvalue weighted by Crippen LogP contribution is -2.48. The van der Waals surface area contributed by atoms with Gasteiger partial charge in [0.05, 0.1) is 7.11 Å². The van der Waals surface area contributed by atoms with Crippen molar-refractivity contribution in [3.8, 4) is 5.75 Å². The van der Waals surface area contributed by atoms with Crippen molar-refractivity contribution < 1.29 is 14.3 Å². The quantitative estimate of drug-likeness (QED) is 0.907. The molecule has 0 unspecified atom stereocenters. The topological polar surface area (TPSA) is 61.9 Å². The van der Waals surface area contributed by atoms with Gasteiger partial charge < -0.3 is 19.9 Å². The first-order valence-corrected chi connectivity index (χ1v) is 9.14. The predicted molar refractivity (Wildman–Crippen MR) is 93.5 cm³/mol. The number of amides is 3. The highest BCUT2D eigenvalue weighted by Gasteiger charge is 2.46. The van der Waals surface area contributed by atoms with Gasteiger partial charge in [0, 0.05) is 38.1 Å². The van der Waals surface area contributed by atoms with E-state index in [1.54, 1.807) is 7.11 Å². The van der Waals surface area contributed by atoms with E-state index in [-0.39, 0.29) is 23.9 Å². The molecule has 3 fully saturated rings. The minimum absolute atomic E-state index is 0.0477. The second-order valence-corrected chi connectivity index (χ2v) is 7.20. The van der Waals surface area contributed by atoms with Gasteiger partial charge in [-0.05, 0) is 42.9 Å². The average molecular weight is 343 g/mol. The van der Waals surface area contributed by atoms with E-state index in [2.05, 4.69) is 17.4 Å². The third-order valence-electron chi connectivity index (χ3n) is 5.76. The van der Waals surface area contributed by atoms with Crippen molar-refractivity contribution in [2.45, 2.75) is 31.2 Å². The molecule has 1 aromatic carbocycles. The van der Waals surface area contributed by atoms with Crippen LogP contribution in [-0.2, 0) is 4.79 Å². The fourth-order valence-electron chi connectivity index (χ4n) is 4.15. The number of nitrogens with zero attached hydrogens (tertiary/aromatic N) is 2. The van der Waals surface area contributed by atoms with Crippen molar-refractivity contribution in [3.63, 3.8) is 0 Å². The fourth-order valence-corrected chi connectivity index (χ4v) is 4.15. The molecule has 2 heterocycles. The van der Waals surface area contributed by atoms with Gasteiger partial charge in [-0.2, -0.15) is 0 Å². The summed E-state index contributed by atoms with van der Waals surface area (Å²) in [4.78, 5) is 28.5. The standard InChI is InChI=1S/C19H25N3O3/c1-25-15-4-2-13(3-5-15)16-12-17(16)18(23)21-9-6-14(7-10-21)22-11-8-20-19(22)24/h2-5,14,16-17H,6-12H2,1H3,(H,20,24)/t16-,17+/m0/s1. The number of carbonyl (C=O) groups excluding carboxylic acids is 2. The van der Waals surface area contributed by atoms with Gasteiger partial charge in [-0.3, -0.25) is 4.79 Å². The molecule has 0 bridgehead atoms. The van der Waals surface area contributed by atoms with Gasteiger partial charge in [-0.1, -0.05) is 12.1 Å². The molecule has 25 heavy (non-hydrogen) atoms. The molecule has 6 heteroatoms. The maximum Gasteiger partial charge on any atom is 0.317 e. The number of methoxy groups -OCH3 is 1. The fraction of sp³-hybridized carbons (Fsp3) is 0.579. The number of rotatable bonds is 4. The zero-order chi connectivity index (χ0) is 17.4. The number of benzene rings is 1. The van der Waals surface area contributed by atoms with Gasteiger partial charge in [0.25, 0.3) is 0 Å². The number of piperidine rings is 1. The molecule has 1 aromatic rings. The predicted octanol–water partition coefficient (Wildman–Crippen LogP) is 1.81. The van der Waals surface area contributed by atoms with Crippen LogP contribution in [0.5, 0.6) is 5.75 Å². The Balaban J connectivity index is 1.30. The van der Waals surface area contributed by atoms with E-state index in [0.29, 0.717) is 5.92 Å². The van der Waals surface area contributed by atoms with Gasteiger partial charge in [0.15, 0.2) is 0 Å². The van der Waals surface area contributed by atoms with Crippen LogP contribution < -0.4 is 10.1 Å². The summed E-state index contributed by atoms with van der Waals surface area (Å²) in [6.45, 7) is 3.06. The lowest BCUT2D eigenvalue weighted by molar-refractivity contribution is -0.134.